The first-order valence-electron chi connectivity index (χ1n) is 10.9. The summed E-state index contributed by atoms with van der Waals surface area (Å²) in [5.41, 5.74) is 10.5. The summed E-state index contributed by atoms with van der Waals surface area (Å²) in [5, 5.41) is 0. The van der Waals surface area contributed by atoms with E-state index in [-0.39, 0.29) is 0 Å². The second kappa shape index (κ2) is 8.99. The Morgan fingerprint density at radius 1 is 0.562 bits per heavy atom. The lowest BCUT2D eigenvalue weighted by Gasteiger charge is -2.14. The molecule has 0 saturated heterocycles. The summed E-state index contributed by atoms with van der Waals surface area (Å²) in [7, 11) is 0. The van der Waals surface area contributed by atoms with Crippen LogP contribution in [0.2, 0.25) is 0 Å². The number of pyridine rings is 2. The molecule has 0 unspecified atom stereocenters. The smallest absolute Gasteiger partial charge is 0.0711 e. The molecule has 0 atom stereocenters. The molecule has 0 bridgehead atoms. The number of hydrogen-bond donors (Lipinski definition) is 0. The molecule has 2 heterocycles. The lowest BCUT2D eigenvalue weighted by Crippen LogP contribution is -1.97. The zero-order valence-electron chi connectivity index (χ0n) is 18.1. The highest BCUT2D eigenvalue weighted by molar-refractivity contribution is 5.75. The van der Waals surface area contributed by atoms with Crippen LogP contribution >= 0.6 is 0 Å². The van der Waals surface area contributed by atoms with Crippen LogP contribution in [0.3, 0.4) is 0 Å². The first kappa shape index (κ1) is 19.9. The SMILES string of the molecule is Cc1cnc(-c2ccccc2Cc2ccccc2-c2ccccn2)cc1-c1ccccc1. The molecular formula is C30H24N2. The van der Waals surface area contributed by atoms with Gasteiger partial charge in [0.25, 0.3) is 0 Å². The van der Waals surface area contributed by atoms with Crippen LogP contribution in [-0.4, -0.2) is 9.97 Å². The van der Waals surface area contributed by atoms with Gasteiger partial charge in [-0.05, 0) is 59.4 Å². The summed E-state index contributed by atoms with van der Waals surface area (Å²) < 4.78 is 0. The molecule has 0 N–H and O–H groups in total. The highest BCUT2D eigenvalue weighted by Crippen LogP contribution is 2.31. The molecule has 2 aromatic heterocycles. The topological polar surface area (TPSA) is 25.8 Å². The standard InChI is InChI=1S/C30H24N2/c1-22-21-32-30(20-28(22)23-11-3-2-4-12-23)27-16-8-6-14-25(27)19-24-13-5-7-15-26(24)29-17-9-10-18-31-29/h2-18,20-21H,19H2,1H3. The van der Waals surface area contributed by atoms with Crippen molar-refractivity contribution >= 4 is 0 Å². The Bertz CT molecular complexity index is 1340. The quantitative estimate of drug-likeness (QED) is 0.301. The van der Waals surface area contributed by atoms with Crippen molar-refractivity contribution in [2.45, 2.75) is 13.3 Å². The Hall–Kier alpha value is -4.04. The van der Waals surface area contributed by atoms with Crippen molar-refractivity contribution in [1.29, 1.82) is 0 Å². The average molecular weight is 413 g/mol. The fraction of sp³-hybridized carbons (Fsp3) is 0.0667. The van der Waals surface area contributed by atoms with Crippen LogP contribution in [0.1, 0.15) is 16.7 Å². The van der Waals surface area contributed by atoms with Gasteiger partial charge in [-0.15, -0.1) is 0 Å². The van der Waals surface area contributed by atoms with E-state index in [9.17, 15) is 0 Å². The summed E-state index contributed by atoms with van der Waals surface area (Å²) in [4.78, 5) is 9.38. The Balaban J connectivity index is 1.56. The highest BCUT2D eigenvalue weighted by Gasteiger charge is 2.12. The second-order valence-corrected chi connectivity index (χ2v) is 7.96. The highest BCUT2D eigenvalue weighted by atomic mass is 14.7. The van der Waals surface area contributed by atoms with Crippen LogP contribution in [0.4, 0.5) is 0 Å². The van der Waals surface area contributed by atoms with Gasteiger partial charge < -0.3 is 0 Å². The number of rotatable bonds is 5. The van der Waals surface area contributed by atoms with Crippen LogP contribution in [0.25, 0.3) is 33.6 Å². The molecular weight excluding hydrogens is 388 g/mol. The van der Waals surface area contributed by atoms with Crippen LogP contribution < -0.4 is 0 Å². The van der Waals surface area contributed by atoms with E-state index in [1.807, 2.05) is 24.5 Å². The van der Waals surface area contributed by atoms with Crippen molar-refractivity contribution in [2.24, 2.45) is 0 Å². The van der Waals surface area contributed by atoms with E-state index in [1.54, 1.807) is 0 Å². The van der Waals surface area contributed by atoms with E-state index in [4.69, 9.17) is 4.98 Å². The van der Waals surface area contributed by atoms with E-state index >= 15 is 0 Å². The van der Waals surface area contributed by atoms with Crippen LogP contribution in [0, 0.1) is 6.92 Å². The maximum absolute atomic E-state index is 4.81. The van der Waals surface area contributed by atoms with Gasteiger partial charge in [-0.2, -0.15) is 0 Å². The molecule has 5 aromatic rings. The predicted octanol–water partition coefficient (Wildman–Crippen LogP) is 7.38. The summed E-state index contributed by atoms with van der Waals surface area (Å²) in [6.45, 7) is 2.12. The van der Waals surface area contributed by atoms with Gasteiger partial charge in [-0.1, -0.05) is 84.9 Å². The number of hydrogen-bond acceptors (Lipinski definition) is 2. The lowest BCUT2D eigenvalue weighted by molar-refractivity contribution is 1.17. The number of aromatic nitrogens is 2. The molecule has 32 heavy (non-hydrogen) atoms. The van der Waals surface area contributed by atoms with Crippen molar-refractivity contribution in [3.63, 3.8) is 0 Å². The first-order valence-corrected chi connectivity index (χ1v) is 10.9. The third-order valence-electron chi connectivity index (χ3n) is 5.82. The van der Waals surface area contributed by atoms with E-state index in [0.29, 0.717) is 0 Å². The molecule has 0 aliphatic heterocycles. The van der Waals surface area contributed by atoms with Gasteiger partial charge in [0, 0.05) is 23.5 Å². The lowest BCUT2D eigenvalue weighted by atomic mass is 9.92. The summed E-state index contributed by atoms with van der Waals surface area (Å²) in [6.07, 6.45) is 4.65. The zero-order valence-corrected chi connectivity index (χ0v) is 18.1. The molecule has 5 rings (SSSR count). The molecule has 2 nitrogen and oxygen atoms in total. The van der Waals surface area contributed by atoms with Gasteiger partial charge in [-0.25, -0.2) is 0 Å². The normalized spacial score (nSPS) is 10.8. The van der Waals surface area contributed by atoms with E-state index in [0.717, 1.165) is 17.8 Å². The van der Waals surface area contributed by atoms with E-state index in [1.165, 1.54) is 38.9 Å². The molecule has 154 valence electrons. The van der Waals surface area contributed by atoms with Gasteiger partial charge in [0.2, 0.25) is 0 Å². The minimum atomic E-state index is 0.819. The minimum absolute atomic E-state index is 0.819. The van der Waals surface area contributed by atoms with Gasteiger partial charge in [0.05, 0.1) is 11.4 Å². The van der Waals surface area contributed by atoms with Gasteiger partial charge in [-0.3, -0.25) is 9.97 Å². The van der Waals surface area contributed by atoms with Crippen molar-refractivity contribution in [1.82, 2.24) is 9.97 Å². The molecule has 0 aliphatic carbocycles. The molecule has 0 radical (unpaired) electrons. The molecule has 0 amide bonds. The third kappa shape index (κ3) is 4.08. The maximum Gasteiger partial charge on any atom is 0.0711 e. The van der Waals surface area contributed by atoms with E-state index in [2.05, 4.69) is 103 Å². The molecule has 0 fully saturated rings. The summed E-state index contributed by atoms with van der Waals surface area (Å²) >= 11 is 0. The van der Waals surface area contributed by atoms with Gasteiger partial charge in [0.1, 0.15) is 0 Å². The Labute approximate surface area is 189 Å². The van der Waals surface area contributed by atoms with E-state index < -0.39 is 0 Å². The Kier molecular flexibility index (Phi) is 5.59. The largest absolute Gasteiger partial charge is 0.256 e. The van der Waals surface area contributed by atoms with Gasteiger partial charge >= 0.3 is 0 Å². The number of benzene rings is 3. The molecule has 0 saturated carbocycles. The van der Waals surface area contributed by atoms with Crippen LogP contribution in [0.5, 0.6) is 0 Å². The van der Waals surface area contributed by atoms with Gasteiger partial charge in [0.15, 0.2) is 0 Å². The number of aryl methyl sites for hydroxylation is 1. The fourth-order valence-corrected chi connectivity index (χ4v) is 4.18. The first-order chi connectivity index (χ1) is 15.8. The molecule has 0 aliphatic rings. The second-order valence-electron chi connectivity index (χ2n) is 7.96. The third-order valence-corrected chi connectivity index (χ3v) is 5.82. The molecule has 3 aromatic carbocycles. The monoisotopic (exact) mass is 412 g/mol. The fourth-order valence-electron chi connectivity index (χ4n) is 4.18. The average Bonchev–Trinajstić information content (AvgIpc) is 2.86. The van der Waals surface area contributed by atoms with Crippen molar-refractivity contribution in [2.75, 3.05) is 0 Å². The Morgan fingerprint density at radius 3 is 1.88 bits per heavy atom. The van der Waals surface area contributed by atoms with Crippen molar-refractivity contribution in [3.8, 4) is 33.6 Å². The Morgan fingerprint density at radius 2 is 1.19 bits per heavy atom. The minimum Gasteiger partial charge on any atom is -0.256 e. The van der Waals surface area contributed by atoms with Crippen molar-refractivity contribution in [3.05, 3.63) is 132 Å². The van der Waals surface area contributed by atoms with Crippen LogP contribution in [-0.2, 0) is 6.42 Å². The van der Waals surface area contributed by atoms with Crippen molar-refractivity contribution < 1.29 is 0 Å². The zero-order chi connectivity index (χ0) is 21.8. The summed E-state index contributed by atoms with van der Waals surface area (Å²) in [6, 6.07) is 35.9. The van der Waals surface area contributed by atoms with Crippen LogP contribution in [0.15, 0.2) is 116 Å². The molecule has 2 heteroatoms. The maximum atomic E-state index is 4.81. The summed E-state index contributed by atoms with van der Waals surface area (Å²) in [5.74, 6) is 0. The number of nitrogens with zero attached hydrogens (tertiary/aromatic N) is 2. The predicted molar refractivity (Wildman–Crippen MR) is 132 cm³/mol. The molecule has 0 spiro atoms.